The lowest BCUT2D eigenvalue weighted by atomic mass is 9.86. The van der Waals surface area contributed by atoms with Crippen molar-refractivity contribution in [1.82, 2.24) is 0 Å². The van der Waals surface area contributed by atoms with Crippen LogP contribution in [0.25, 0.3) is 0 Å². The minimum Gasteiger partial charge on any atom is -0.466 e. The summed E-state index contributed by atoms with van der Waals surface area (Å²) in [5, 5.41) is 0. The Morgan fingerprint density at radius 1 is 0.724 bits per heavy atom. The Hall–Kier alpha value is -1.06. The van der Waals surface area contributed by atoms with E-state index in [0.717, 1.165) is 19.3 Å². The lowest BCUT2D eigenvalue weighted by molar-refractivity contribution is -0.146. The second kappa shape index (κ2) is 17.8. The van der Waals surface area contributed by atoms with E-state index in [4.69, 9.17) is 9.47 Å². The summed E-state index contributed by atoms with van der Waals surface area (Å²) in [6.45, 7) is 11.9. The van der Waals surface area contributed by atoms with Gasteiger partial charge in [0.1, 0.15) is 0 Å². The summed E-state index contributed by atoms with van der Waals surface area (Å²) >= 11 is 0. The number of rotatable bonds is 18. The van der Waals surface area contributed by atoms with E-state index >= 15 is 0 Å². The first-order chi connectivity index (χ1) is 13.7. The standard InChI is InChI=1S/C25H48O4/c1-6-7-8-9-10-11-12-13-14-15-19-28-23(26)17-16-18-24(27)29-21-22(2)20-25(3,4)5/h22H,6-21H2,1-5H3. The number of carbonyl (C=O) groups is 2. The second-order valence-electron chi connectivity index (χ2n) is 9.81. The van der Waals surface area contributed by atoms with Gasteiger partial charge in [0, 0.05) is 12.8 Å². The topological polar surface area (TPSA) is 52.6 Å². The van der Waals surface area contributed by atoms with Crippen LogP contribution in [0.5, 0.6) is 0 Å². The number of hydrogen-bond acceptors (Lipinski definition) is 4. The SMILES string of the molecule is CCCCCCCCCCCCOC(=O)CCCC(=O)OCC(C)CC(C)(C)C. The molecule has 0 rings (SSSR count). The highest BCUT2D eigenvalue weighted by Crippen LogP contribution is 2.24. The molecule has 4 heteroatoms. The molecule has 0 spiro atoms. The number of carbonyl (C=O) groups excluding carboxylic acids is 2. The molecule has 29 heavy (non-hydrogen) atoms. The minimum absolute atomic E-state index is 0.199. The molecule has 172 valence electrons. The van der Waals surface area contributed by atoms with Gasteiger partial charge in [0.05, 0.1) is 13.2 Å². The molecule has 1 unspecified atom stereocenters. The summed E-state index contributed by atoms with van der Waals surface area (Å²) in [4.78, 5) is 23.5. The third-order valence-electron chi connectivity index (χ3n) is 5.01. The Balaban J connectivity index is 3.46. The van der Waals surface area contributed by atoms with Crippen molar-refractivity contribution in [2.24, 2.45) is 11.3 Å². The van der Waals surface area contributed by atoms with E-state index in [1.54, 1.807) is 0 Å². The van der Waals surface area contributed by atoms with Crippen LogP contribution in [0.4, 0.5) is 0 Å². The number of esters is 2. The largest absolute Gasteiger partial charge is 0.466 e. The molecule has 0 saturated carbocycles. The molecule has 0 aromatic heterocycles. The fourth-order valence-corrected chi connectivity index (χ4v) is 3.64. The maximum atomic E-state index is 11.8. The fourth-order valence-electron chi connectivity index (χ4n) is 3.64. The maximum Gasteiger partial charge on any atom is 0.305 e. The van der Waals surface area contributed by atoms with E-state index in [9.17, 15) is 9.59 Å². The highest BCUT2D eigenvalue weighted by molar-refractivity contribution is 5.72. The van der Waals surface area contributed by atoms with Gasteiger partial charge in [0.15, 0.2) is 0 Å². The molecular weight excluding hydrogens is 364 g/mol. The molecule has 0 aliphatic rings. The molecule has 0 aromatic carbocycles. The Morgan fingerprint density at radius 3 is 1.72 bits per heavy atom. The van der Waals surface area contributed by atoms with Gasteiger partial charge in [-0.3, -0.25) is 9.59 Å². The van der Waals surface area contributed by atoms with Crippen LogP contribution in [0, 0.1) is 11.3 Å². The van der Waals surface area contributed by atoms with E-state index in [1.807, 2.05) is 0 Å². The molecule has 0 saturated heterocycles. The van der Waals surface area contributed by atoms with Gasteiger partial charge in [0.25, 0.3) is 0 Å². The molecule has 0 heterocycles. The van der Waals surface area contributed by atoms with E-state index in [1.165, 1.54) is 51.4 Å². The van der Waals surface area contributed by atoms with Crippen LogP contribution in [-0.4, -0.2) is 25.2 Å². The van der Waals surface area contributed by atoms with Gasteiger partial charge in [-0.2, -0.15) is 0 Å². The van der Waals surface area contributed by atoms with E-state index in [0.29, 0.717) is 32.0 Å². The van der Waals surface area contributed by atoms with E-state index in [-0.39, 0.29) is 23.8 Å². The smallest absolute Gasteiger partial charge is 0.305 e. The van der Waals surface area contributed by atoms with Crippen LogP contribution in [-0.2, 0) is 19.1 Å². The Kier molecular flexibility index (Phi) is 17.1. The summed E-state index contributed by atoms with van der Waals surface area (Å²) in [6, 6.07) is 0. The first-order valence-electron chi connectivity index (χ1n) is 12.1. The summed E-state index contributed by atoms with van der Waals surface area (Å²) in [5.74, 6) is -0.0620. The van der Waals surface area contributed by atoms with Gasteiger partial charge in [0.2, 0.25) is 0 Å². The zero-order valence-corrected chi connectivity index (χ0v) is 20.0. The average Bonchev–Trinajstić information content (AvgIpc) is 2.63. The van der Waals surface area contributed by atoms with Crippen molar-refractivity contribution in [3.8, 4) is 0 Å². The van der Waals surface area contributed by atoms with Crippen molar-refractivity contribution in [2.75, 3.05) is 13.2 Å². The molecule has 0 aliphatic carbocycles. The minimum atomic E-state index is -0.215. The predicted octanol–water partition coefficient (Wildman–Crippen LogP) is 7.24. The first-order valence-corrected chi connectivity index (χ1v) is 12.1. The maximum absolute atomic E-state index is 11.8. The van der Waals surface area contributed by atoms with Gasteiger partial charge in [-0.05, 0) is 30.6 Å². The molecule has 1 atom stereocenters. The first kappa shape index (κ1) is 27.9. The molecule has 0 fully saturated rings. The summed E-state index contributed by atoms with van der Waals surface area (Å²) in [5.41, 5.74) is 0.240. The van der Waals surface area contributed by atoms with Crippen molar-refractivity contribution >= 4 is 11.9 Å². The summed E-state index contributed by atoms with van der Waals surface area (Å²) < 4.78 is 10.6. The monoisotopic (exact) mass is 412 g/mol. The van der Waals surface area contributed by atoms with Crippen molar-refractivity contribution in [1.29, 1.82) is 0 Å². The van der Waals surface area contributed by atoms with Crippen LogP contribution >= 0.6 is 0 Å². The van der Waals surface area contributed by atoms with Crippen LogP contribution in [0.2, 0.25) is 0 Å². The molecule has 0 aliphatic heterocycles. The van der Waals surface area contributed by atoms with E-state index < -0.39 is 0 Å². The Morgan fingerprint density at radius 2 is 1.21 bits per heavy atom. The van der Waals surface area contributed by atoms with Crippen molar-refractivity contribution in [3.63, 3.8) is 0 Å². The van der Waals surface area contributed by atoms with Gasteiger partial charge in [-0.15, -0.1) is 0 Å². The number of hydrogen-bond donors (Lipinski definition) is 0. The molecule has 0 N–H and O–H groups in total. The fraction of sp³-hybridized carbons (Fsp3) is 0.920. The molecule has 0 aromatic rings. The van der Waals surface area contributed by atoms with E-state index in [2.05, 4.69) is 34.6 Å². The second-order valence-corrected chi connectivity index (χ2v) is 9.81. The predicted molar refractivity (Wildman–Crippen MR) is 121 cm³/mol. The van der Waals surface area contributed by atoms with Crippen LogP contribution in [0.1, 0.15) is 125 Å². The van der Waals surface area contributed by atoms with Crippen molar-refractivity contribution in [2.45, 2.75) is 125 Å². The van der Waals surface area contributed by atoms with Gasteiger partial charge in [-0.25, -0.2) is 0 Å². The zero-order chi connectivity index (χ0) is 22.0. The molecule has 4 nitrogen and oxygen atoms in total. The Labute approximate surface area is 180 Å². The normalized spacial score (nSPS) is 12.6. The third kappa shape index (κ3) is 21.5. The molecule has 0 amide bonds. The third-order valence-corrected chi connectivity index (χ3v) is 5.01. The molecular formula is C25H48O4. The van der Waals surface area contributed by atoms with Gasteiger partial charge >= 0.3 is 11.9 Å². The van der Waals surface area contributed by atoms with Crippen molar-refractivity contribution < 1.29 is 19.1 Å². The highest BCUT2D eigenvalue weighted by Gasteiger charge is 2.16. The summed E-state index contributed by atoms with van der Waals surface area (Å²) in [7, 11) is 0. The highest BCUT2D eigenvalue weighted by atomic mass is 16.5. The van der Waals surface area contributed by atoms with Crippen LogP contribution in [0.3, 0.4) is 0 Å². The quantitative estimate of drug-likeness (QED) is 0.176. The van der Waals surface area contributed by atoms with Crippen molar-refractivity contribution in [3.05, 3.63) is 0 Å². The summed E-state index contributed by atoms with van der Waals surface area (Å²) in [6.07, 6.45) is 14.8. The number of ether oxygens (including phenoxy) is 2. The Bertz CT molecular complexity index is 412. The lowest BCUT2D eigenvalue weighted by Crippen LogP contribution is -2.17. The molecule has 0 radical (unpaired) electrons. The zero-order valence-electron chi connectivity index (χ0n) is 20.0. The average molecular weight is 413 g/mol. The van der Waals surface area contributed by atoms with Gasteiger partial charge in [-0.1, -0.05) is 92.4 Å². The molecule has 0 bridgehead atoms. The van der Waals surface area contributed by atoms with Crippen LogP contribution < -0.4 is 0 Å². The lowest BCUT2D eigenvalue weighted by Gasteiger charge is -2.22. The van der Waals surface area contributed by atoms with Gasteiger partial charge < -0.3 is 9.47 Å². The van der Waals surface area contributed by atoms with Crippen LogP contribution in [0.15, 0.2) is 0 Å². The number of unbranched alkanes of at least 4 members (excludes halogenated alkanes) is 9.